The first-order valence-electron chi connectivity index (χ1n) is 9.65. The van der Waals surface area contributed by atoms with E-state index < -0.39 is 0 Å². The third-order valence-electron chi connectivity index (χ3n) is 4.54. The Bertz CT molecular complexity index is 1020. The Morgan fingerprint density at radius 1 is 0.933 bits per heavy atom. The molecule has 0 aliphatic rings. The molecule has 154 valence electrons. The van der Waals surface area contributed by atoms with Crippen molar-refractivity contribution in [3.63, 3.8) is 0 Å². The highest BCUT2D eigenvalue weighted by atomic mass is 16.5. The van der Waals surface area contributed by atoms with Crippen LogP contribution < -0.4 is 20.7 Å². The predicted octanol–water partition coefficient (Wildman–Crippen LogP) is 3.98. The lowest BCUT2D eigenvalue weighted by Crippen LogP contribution is -2.26. The van der Waals surface area contributed by atoms with Crippen LogP contribution in [0.15, 0.2) is 72.8 Å². The first kappa shape index (κ1) is 20.9. The van der Waals surface area contributed by atoms with E-state index in [1.54, 1.807) is 49.6 Å². The normalized spacial score (nSPS) is 10.2. The fourth-order valence-electron chi connectivity index (χ4n) is 2.90. The Morgan fingerprint density at radius 3 is 2.47 bits per heavy atom. The number of anilines is 2. The van der Waals surface area contributed by atoms with E-state index in [0.717, 1.165) is 5.56 Å². The zero-order valence-corrected chi connectivity index (χ0v) is 17.1. The fourth-order valence-corrected chi connectivity index (χ4v) is 2.90. The van der Waals surface area contributed by atoms with Gasteiger partial charge in [0.1, 0.15) is 5.75 Å². The molecule has 0 unspecified atom stereocenters. The molecule has 0 aliphatic heterocycles. The molecule has 3 aromatic rings. The van der Waals surface area contributed by atoms with Crippen LogP contribution in [0.1, 0.15) is 21.5 Å². The first-order valence-corrected chi connectivity index (χ1v) is 9.65. The molecular formula is C24H25N3O3. The van der Waals surface area contributed by atoms with Crippen LogP contribution in [0.2, 0.25) is 0 Å². The van der Waals surface area contributed by atoms with Crippen LogP contribution in [0, 0.1) is 6.92 Å². The minimum absolute atomic E-state index is 0.0272. The van der Waals surface area contributed by atoms with Gasteiger partial charge in [0.05, 0.1) is 19.2 Å². The molecule has 0 saturated carbocycles. The highest BCUT2D eigenvalue weighted by Crippen LogP contribution is 2.17. The monoisotopic (exact) mass is 403 g/mol. The lowest BCUT2D eigenvalue weighted by Gasteiger charge is -2.13. The molecule has 3 aromatic carbocycles. The van der Waals surface area contributed by atoms with Crippen LogP contribution in [0.3, 0.4) is 0 Å². The topological polar surface area (TPSA) is 79.5 Å². The summed E-state index contributed by atoms with van der Waals surface area (Å²) in [5.74, 6) is 0.237. The molecule has 0 bridgehead atoms. The number of nitrogens with one attached hydrogen (secondary N) is 3. The van der Waals surface area contributed by atoms with Gasteiger partial charge in [-0.1, -0.05) is 48.0 Å². The highest BCUT2D eigenvalue weighted by Gasteiger charge is 2.12. The van der Waals surface area contributed by atoms with Gasteiger partial charge >= 0.3 is 0 Å². The largest absolute Gasteiger partial charge is 0.497 e. The fraction of sp³-hybridized carbons (Fsp3) is 0.167. The van der Waals surface area contributed by atoms with Gasteiger partial charge in [0.2, 0.25) is 5.91 Å². The smallest absolute Gasteiger partial charge is 0.253 e. The maximum atomic E-state index is 12.6. The number of aryl methyl sites for hydroxylation is 1. The Labute approximate surface area is 176 Å². The van der Waals surface area contributed by atoms with Gasteiger partial charge < -0.3 is 20.7 Å². The van der Waals surface area contributed by atoms with E-state index >= 15 is 0 Å². The Hall–Kier alpha value is -3.80. The molecule has 3 N–H and O–H groups in total. The minimum atomic E-state index is -0.224. The molecule has 6 nitrogen and oxygen atoms in total. The third kappa shape index (κ3) is 5.85. The van der Waals surface area contributed by atoms with Gasteiger partial charge in [0, 0.05) is 24.0 Å². The quantitative estimate of drug-likeness (QED) is 0.531. The molecule has 30 heavy (non-hydrogen) atoms. The van der Waals surface area contributed by atoms with Crippen molar-refractivity contribution in [2.45, 2.75) is 13.5 Å². The van der Waals surface area contributed by atoms with Crippen LogP contribution in [0.5, 0.6) is 5.75 Å². The standard InChI is InChI=1S/C24H25N3O3/c1-17-10-12-18(13-11-17)15-26-24(29)21-8-3-4-9-22(21)25-16-23(28)27-19-6-5-7-20(14-19)30-2/h3-14,25H,15-16H2,1-2H3,(H,26,29)(H,27,28). The van der Waals surface area contributed by atoms with E-state index in [1.807, 2.05) is 37.3 Å². The molecule has 0 atom stereocenters. The molecule has 0 aliphatic carbocycles. The zero-order chi connectivity index (χ0) is 21.3. The van der Waals surface area contributed by atoms with Crippen molar-refractivity contribution in [3.05, 3.63) is 89.5 Å². The second kappa shape index (κ2) is 10.1. The Balaban J connectivity index is 1.58. The Morgan fingerprint density at radius 2 is 1.70 bits per heavy atom. The van der Waals surface area contributed by atoms with Gasteiger partial charge in [-0.2, -0.15) is 0 Å². The van der Waals surface area contributed by atoms with E-state index in [-0.39, 0.29) is 18.4 Å². The minimum Gasteiger partial charge on any atom is -0.497 e. The molecule has 0 aromatic heterocycles. The van der Waals surface area contributed by atoms with Gasteiger partial charge in [-0.05, 0) is 36.8 Å². The van der Waals surface area contributed by atoms with Crippen molar-refractivity contribution in [1.29, 1.82) is 0 Å². The summed E-state index contributed by atoms with van der Waals surface area (Å²) in [7, 11) is 1.57. The second-order valence-corrected chi connectivity index (χ2v) is 6.85. The van der Waals surface area contributed by atoms with Gasteiger partial charge in [0.15, 0.2) is 0 Å². The summed E-state index contributed by atoms with van der Waals surface area (Å²) in [5, 5.41) is 8.77. The van der Waals surface area contributed by atoms with Crippen LogP contribution in [0.4, 0.5) is 11.4 Å². The zero-order valence-electron chi connectivity index (χ0n) is 17.1. The molecular weight excluding hydrogens is 378 g/mol. The number of methoxy groups -OCH3 is 1. The number of carbonyl (C=O) groups is 2. The van der Waals surface area contributed by atoms with Crippen molar-refractivity contribution in [3.8, 4) is 5.75 Å². The number of hydrogen-bond acceptors (Lipinski definition) is 4. The molecule has 0 radical (unpaired) electrons. The SMILES string of the molecule is COc1cccc(NC(=O)CNc2ccccc2C(=O)NCc2ccc(C)cc2)c1. The lowest BCUT2D eigenvalue weighted by molar-refractivity contribution is -0.114. The number of rotatable bonds is 8. The molecule has 0 heterocycles. The van der Waals surface area contributed by atoms with Crippen LogP contribution in [0.25, 0.3) is 0 Å². The second-order valence-electron chi connectivity index (χ2n) is 6.85. The average molecular weight is 403 g/mol. The number of ether oxygens (including phenoxy) is 1. The summed E-state index contributed by atoms with van der Waals surface area (Å²) in [5.41, 5.74) is 3.92. The van der Waals surface area contributed by atoms with E-state index in [0.29, 0.717) is 29.2 Å². The average Bonchev–Trinajstić information content (AvgIpc) is 2.77. The summed E-state index contributed by atoms with van der Waals surface area (Å²) in [6, 6.07) is 22.3. The van der Waals surface area contributed by atoms with Crippen molar-refractivity contribution < 1.29 is 14.3 Å². The van der Waals surface area contributed by atoms with E-state index in [9.17, 15) is 9.59 Å². The highest BCUT2D eigenvalue weighted by molar-refractivity contribution is 6.00. The molecule has 6 heteroatoms. The van der Waals surface area contributed by atoms with Gasteiger partial charge in [0.25, 0.3) is 5.91 Å². The number of amides is 2. The number of carbonyl (C=O) groups excluding carboxylic acids is 2. The van der Waals surface area contributed by atoms with Crippen molar-refractivity contribution in [2.24, 2.45) is 0 Å². The first-order chi connectivity index (χ1) is 14.5. The Kier molecular flexibility index (Phi) is 7.05. The summed E-state index contributed by atoms with van der Waals surface area (Å²) in [4.78, 5) is 24.9. The van der Waals surface area contributed by atoms with Crippen molar-refractivity contribution in [2.75, 3.05) is 24.3 Å². The van der Waals surface area contributed by atoms with E-state index in [4.69, 9.17) is 4.74 Å². The van der Waals surface area contributed by atoms with Crippen molar-refractivity contribution in [1.82, 2.24) is 5.32 Å². The van der Waals surface area contributed by atoms with Gasteiger partial charge in [-0.15, -0.1) is 0 Å². The lowest BCUT2D eigenvalue weighted by atomic mass is 10.1. The van der Waals surface area contributed by atoms with Crippen LogP contribution >= 0.6 is 0 Å². The summed E-state index contributed by atoms with van der Waals surface area (Å²) in [6.45, 7) is 2.48. The molecule has 3 rings (SSSR count). The number of para-hydroxylation sites is 1. The van der Waals surface area contributed by atoms with Gasteiger partial charge in [-0.3, -0.25) is 9.59 Å². The number of benzene rings is 3. The maximum absolute atomic E-state index is 12.6. The van der Waals surface area contributed by atoms with E-state index in [2.05, 4.69) is 16.0 Å². The molecule has 0 fully saturated rings. The predicted molar refractivity (Wildman–Crippen MR) is 119 cm³/mol. The van der Waals surface area contributed by atoms with Crippen LogP contribution in [-0.4, -0.2) is 25.5 Å². The maximum Gasteiger partial charge on any atom is 0.253 e. The third-order valence-corrected chi connectivity index (χ3v) is 4.54. The molecule has 2 amide bonds. The molecule has 0 saturated heterocycles. The van der Waals surface area contributed by atoms with Crippen molar-refractivity contribution >= 4 is 23.2 Å². The van der Waals surface area contributed by atoms with E-state index in [1.165, 1.54) is 5.56 Å². The summed E-state index contributed by atoms with van der Waals surface area (Å²) >= 11 is 0. The molecule has 0 spiro atoms. The summed E-state index contributed by atoms with van der Waals surface area (Å²) < 4.78 is 5.16. The number of hydrogen-bond donors (Lipinski definition) is 3. The van der Waals surface area contributed by atoms with Crippen LogP contribution in [-0.2, 0) is 11.3 Å². The summed E-state index contributed by atoms with van der Waals surface area (Å²) in [6.07, 6.45) is 0. The van der Waals surface area contributed by atoms with Gasteiger partial charge in [-0.25, -0.2) is 0 Å².